The molecule has 0 saturated heterocycles. The van der Waals surface area contributed by atoms with Gasteiger partial charge >= 0.3 is 0 Å². The highest BCUT2D eigenvalue weighted by Crippen LogP contribution is 2.28. The standard InChI is InChI=1S/C7H3ClF2N2O3S/c8-16(14,15)7-5(6(9)10)3(2-11)1-4(13)12-7/h1,6H,(H,12,13). The van der Waals surface area contributed by atoms with E-state index in [1.54, 1.807) is 4.98 Å². The van der Waals surface area contributed by atoms with Gasteiger partial charge < -0.3 is 4.98 Å². The molecule has 0 atom stereocenters. The molecule has 16 heavy (non-hydrogen) atoms. The first-order valence-corrected chi connectivity index (χ1v) is 5.98. The third-order valence-electron chi connectivity index (χ3n) is 1.63. The van der Waals surface area contributed by atoms with E-state index in [1.165, 1.54) is 6.07 Å². The maximum Gasteiger partial charge on any atom is 0.277 e. The average molecular weight is 269 g/mol. The van der Waals surface area contributed by atoms with Crippen LogP contribution in [0.15, 0.2) is 15.9 Å². The molecule has 0 aliphatic rings. The number of aromatic amines is 1. The molecule has 0 aromatic carbocycles. The Morgan fingerprint density at radius 2 is 2.06 bits per heavy atom. The number of nitriles is 1. The molecule has 1 aromatic heterocycles. The van der Waals surface area contributed by atoms with E-state index < -0.39 is 37.2 Å². The van der Waals surface area contributed by atoms with Crippen LogP contribution in [0.2, 0.25) is 0 Å². The van der Waals surface area contributed by atoms with E-state index in [0.717, 1.165) is 0 Å². The minimum atomic E-state index is -4.55. The minimum absolute atomic E-state index is 0.576. The van der Waals surface area contributed by atoms with Gasteiger partial charge in [0.25, 0.3) is 15.5 Å². The second-order valence-corrected chi connectivity index (χ2v) is 5.14. The van der Waals surface area contributed by atoms with Crippen molar-refractivity contribution >= 4 is 19.7 Å². The zero-order valence-corrected chi connectivity index (χ0v) is 8.94. The highest BCUT2D eigenvalue weighted by atomic mass is 35.7. The first-order chi connectivity index (χ1) is 7.27. The van der Waals surface area contributed by atoms with Gasteiger partial charge in [-0.05, 0) is 0 Å². The van der Waals surface area contributed by atoms with Crippen molar-refractivity contribution in [3.05, 3.63) is 27.5 Å². The summed E-state index contributed by atoms with van der Waals surface area (Å²) in [6, 6.07) is 1.88. The van der Waals surface area contributed by atoms with Gasteiger partial charge in [0.15, 0.2) is 5.03 Å². The molecule has 1 rings (SSSR count). The lowest BCUT2D eigenvalue weighted by molar-refractivity contribution is 0.146. The van der Waals surface area contributed by atoms with Gasteiger partial charge in [-0.15, -0.1) is 0 Å². The van der Waals surface area contributed by atoms with E-state index in [9.17, 15) is 22.0 Å². The van der Waals surface area contributed by atoms with Crippen molar-refractivity contribution < 1.29 is 17.2 Å². The molecule has 9 heteroatoms. The van der Waals surface area contributed by atoms with Crippen molar-refractivity contribution in [3.8, 4) is 6.07 Å². The van der Waals surface area contributed by atoms with E-state index in [2.05, 4.69) is 0 Å². The summed E-state index contributed by atoms with van der Waals surface area (Å²) < 4.78 is 46.9. The molecule has 1 N–H and O–H groups in total. The lowest BCUT2D eigenvalue weighted by atomic mass is 10.1. The zero-order chi connectivity index (χ0) is 12.5. The van der Waals surface area contributed by atoms with Crippen LogP contribution in [0.25, 0.3) is 0 Å². The molecule has 86 valence electrons. The fraction of sp³-hybridized carbons (Fsp3) is 0.143. The van der Waals surface area contributed by atoms with Crippen molar-refractivity contribution in [2.75, 3.05) is 0 Å². The van der Waals surface area contributed by atoms with E-state index in [4.69, 9.17) is 15.9 Å². The van der Waals surface area contributed by atoms with E-state index in [1.807, 2.05) is 0 Å². The first-order valence-electron chi connectivity index (χ1n) is 3.67. The fourth-order valence-electron chi connectivity index (χ4n) is 1.05. The molecule has 0 bridgehead atoms. The number of alkyl halides is 2. The fourth-order valence-corrected chi connectivity index (χ4v) is 2.10. The molecule has 0 fully saturated rings. The predicted octanol–water partition coefficient (Wildman–Crippen LogP) is 1.11. The van der Waals surface area contributed by atoms with E-state index >= 15 is 0 Å². The summed E-state index contributed by atoms with van der Waals surface area (Å²) in [7, 11) is 0.320. The molecule has 0 saturated carbocycles. The summed E-state index contributed by atoms with van der Waals surface area (Å²) in [5, 5.41) is 7.36. The Bertz CT molecular complexity index is 617. The van der Waals surface area contributed by atoms with Gasteiger partial charge in [-0.2, -0.15) is 5.26 Å². The highest BCUT2D eigenvalue weighted by molar-refractivity contribution is 8.13. The molecule has 1 aromatic rings. The Kier molecular flexibility index (Phi) is 3.30. The van der Waals surface area contributed by atoms with Gasteiger partial charge in [-0.3, -0.25) is 4.79 Å². The summed E-state index contributed by atoms with van der Waals surface area (Å²) in [4.78, 5) is 12.6. The zero-order valence-electron chi connectivity index (χ0n) is 7.37. The van der Waals surface area contributed by atoms with Crippen LogP contribution in [0.5, 0.6) is 0 Å². The van der Waals surface area contributed by atoms with Crippen LogP contribution in [0.1, 0.15) is 17.6 Å². The molecule has 5 nitrogen and oxygen atoms in total. The molecule has 0 radical (unpaired) electrons. The second-order valence-electron chi connectivity index (χ2n) is 2.64. The quantitative estimate of drug-likeness (QED) is 0.814. The second kappa shape index (κ2) is 4.19. The molecule has 0 amide bonds. The Labute approximate surface area is 92.7 Å². The van der Waals surface area contributed by atoms with Gasteiger partial charge in [0, 0.05) is 16.7 Å². The minimum Gasteiger partial charge on any atom is -0.311 e. The number of nitrogens with zero attached hydrogens (tertiary/aromatic N) is 1. The monoisotopic (exact) mass is 268 g/mol. The Hall–Kier alpha value is -1.46. The number of rotatable bonds is 2. The lowest BCUT2D eigenvalue weighted by Gasteiger charge is -2.06. The number of H-pyrrole nitrogens is 1. The summed E-state index contributed by atoms with van der Waals surface area (Å²) in [5.41, 5.74) is -2.82. The SMILES string of the molecule is N#Cc1cc(=O)[nH]c(S(=O)(=O)Cl)c1C(F)F. The molecular formula is C7H3ClF2N2O3S. The number of halogens is 3. The van der Waals surface area contributed by atoms with Crippen molar-refractivity contribution in [2.45, 2.75) is 11.5 Å². The number of aromatic nitrogens is 1. The van der Waals surface area contributed by atoms with Gasteiger partial charge in [0.1, 0.15) is 0 Å². The Morgan fingerprint density at radius 1 is 1.50 bits per heavy atom. The summed E-state index contributed by atoms with van der Waals surface area (Å²) >= 11 is 0. The van der Waals surface area contributed by atoms with Crippen LogP contribution in [-0.2, 0) is 9.05 Å². The number of hydrogen-bond donors (Lipinski definition) is 1. The molecule has 0 spiro atoms. The normalized spacial score (nSPS) is 11.4. The van der Waals surface area contributed by atoms with Crippen molar-refractivity contribution in [2.24, 2.45) is 0 Å². The van der Waals surface area contributed by atoms with Crippen molar-refractivity contribution in [3.63, 3.8) is 0 Å². The third kappa shape index (κ3) is 2.37. The van der Waals surface area contributed by atoms with Crippen LogP contribution in [-0.4, -0.2) is 13.4 Å². The molecule has 0 aliphatic heterocycles. The van der Waals surface area contributed by atoms with Crippen LogP contribution >= 0.6 is 10.7 Å². The van der Waals surface area contributed by atoms with Gasteiger partial charge in [0.2, 0.25) is 5.56 Å². The van der Waals surface area contributed by atoms with Gasteiger partial charge in [0.05, 0.1) is 17.2 Å². The summed E-state index contributed by atoms with van der Waals surface area (Å²) in [5.74, 6) is 0. The van der Waals surface area contributed by atoms with Crippen LogP contribution < -0.4 is 5.56 Å². The summed E-state index contributed by atoms with van der Waals surface area (Å²) in [6.45, 7) is 0. The van der Waals surface area contributed by atoms with Crippen molar-refractivity contribution in [1.29, 1.82) is 5.26 Å². The van der Waals surface area contributed by atoms with Crippen molar-refractivity contribution in [1.82, 2.24) is 4.98 Å². The van der Waals surface area contributed by atoms with Crippen LogP contribution in [0, 0.1) is 11.3 Å². The first kappa shape index (κ1) is 12.6. The number of hydrogen-bond acceptors (Lipinski definition) is 4. The Balaban J connectivity index is 3.81. The Morgan fingerprint density at radius 3 is 2.44 bits per heavy atom. The molecule has 0 aliphatic carbocycles. The average Bonchev–Trinajstić information content (AvgIpc) is 2.14. The smallest absolute Gasteiger partial charge is 0.277 e. The largest absolute Gasteiger partial charge is 0.311 e. The van der Waals surface area contributed by atoms with E-state index in [-0.39, 0.29) is 0 Å². The van der Waals surface area contributed by atoms with Crippen LogP contribution in [0.3, 0.4) is 0 Å². The number of nitrogens with one attached hydrogen (secondary N) is 1. The molecular weight excluding hydrogens is 266 g/mol. The topological polar surface area (TPSA) is 90.8 Å². The lowest BCUT2D eigenvalue weighted by Crippen LogP contribution is -2.15. The molecule has 0 unspecified atom stereocenters. The maximum atomic E-state index is 12.5. The maximum absolute atomic E-state index is 12.5. The van der Waals surface area contributed by atoms with Crippen LogP contribution in [0.4, 0.5) is 8.78 Å². The van der Waals surface area contributed by atoms with Gasteiger partial charge in [-0.25, -0.2) is 17.2 Å². The van der Waals surface area contributed by atoms with Gasteiger partial charge in [-0.1, -0.05) is 0 Å². The molecule has 1 heterocycles. The van der Waals surface area contributed by atoms with E-state index in [0.29, 0.717) is 6.07 Å². The number of pyridine rings is 1. The predicted molar refractivity (Wildman–Crippen MR) is 49.8 cm³/mol. The third-order valence-corrected chi connectivity index (χ3v) is 2.90. The highest BCUT2D eigenvalue weighted by Gasteiger charge is 2.26. The summed E-state index contributed by atoms with van der Waals surface area (Å²) in [6.07, 6.45) is -3.24.